The molecule has 1 amide bonds. The summed E-state index contributed by atoms with van der Waals surface area (Å²) in [5.74, 6) is 0.662. The zero-order valence-corrected chi connectivity index (χ0v) is 13.3. The van der Waals surface area contributed by atoms with E-state index in [0.717, 1.165) is 25.7 Å². The van der Waals surface area contributed by atoms with E-state index in [1.54, 1.807) is 0 Å². The van der Waals surface area contributed by atoms with Crippen molar-refractivity contribution in [2.45, 2.75) is 69.9 Å². The molecule has 0 atom stereocenters. The SMILES string of the molecule is CCC(N)(CC)C(=O)NC1CCC(c2ccccc2)CC1. The fourth-order valence-corrected chi connectivity index (χ4v) is 3.20. The van der Waals surface area contributed by atoms with Crippen LogP contribution in [0.1, 0.15) is 63.9 Å². The summed E-state index contributed by atoms with van der Waals surface area (Å²) in [5, 5.41) is 3.17. The summed E-state index contributed by atoms with van der Waals surface area (Å²) >= 11 is 0. The first-order valence-corrected chi connectivity index (χ1v) is 8.24. The number of hydrogen-bond acceptors (Lipinski definition) is 2. The number of nitrogens with two attached hydrogens (primary N) is 1. The van der Waals surface area contributed by atoms with Crippen LogP contribution in [0.15, 0.2) is 30.3 Å². The first-order valence-electron chi connectivity index (χ1n) is 8.24. The van der Waals surface area contributed by atoms with Gasteiger partial charge in [0.25, 0.3) is 0 Å². The van der Waals surface area contributed by atoms with E-state index in [0.29, 0.717) is 24.8 Å². The van der Waals surface area contributed by atoms with Crippen molar-refractivity contribution in [3.8, 4) is 0 Å². The second-order valence-electron chi connectivity index (χ2n) is 6.30. The zero-order chi connectivity index (χ0) is 15.3. The van der Waals surface area contributed by atoms with E-state index in [9.17, 15) is 4.79 Å². The maximum Gasteiger partial charge on any atom is 0.240 e. The minimum atomic E-state index is -0.698. The van der Waals surface area contributed by atoms with Crippen LogP contribution in [-0.4, -0.2) is 17.5 Å². The monoisotopic (exact) mass is 288 g/mol. The summed E-state index contributed by atoms with van der Waals surface area (Å²) in [6.07, 6.45) is 5.77. The molecule has 0 saturated heterocycles. The fraction of sp³-hybridized carbons (Fsp3) is 0.611. The molecule has 0 radical (unpaired) electrons. The van der Waals surface area contributed by atoms with Gasteiger partial charge in [0.15, 0.2) is 0 Å². The average Bonchev–Trinajstić information content (AvgIpc) is 2.55. The highest BCUT2D eigenvalue weighted by Crippen LogP contribution is 2.32. The third-order valence-electron chi connectivity index (χ3n) is 5.05. The predicted molar refractivity (Wildman–Crippen MR) is 87.1 cm³/mol. The molecule has 1 aromatic carbocycles. The van der Waals surface area contributed by atoms with Crippen molar-refractivity contribution in [1.29, 1.82) is 0 Å². The van der Waals surface area contributed by atoms with Crippen LogP contribution in [0.4, 0.5) is 0 Å². The number of amides is 1. The molecule has 3 nitrogen and oxygen atoms in total. The van der Waals surface area contributed by atoms with Gasteiger partial charge in [-0.1, -0.05) is 44.2 Å². The second kappa shape index (κ2) is 7.08. The van der Waals surface area contributed by atoms with Gasteiger partial charge in [-0.3, -0.25) is 4.79 Å². The second-order valence-corrected chi connectivity index (χ2v) is 6.30. The Labute approximate surface area is 128 Å². The fourth-order valence-electron chi connectivity index (χ4n) is 3.20. The number of nitrogens with one attached hydrogen (secondary N) is 1. The van der Waals surface area contributed by atoms with Crippen molar-refractivity contribution in [1.82, 2.24) is 5.32 Å². The Balaban J connectivity index is 1.86. The van der Waals surface area contributed by atoms with Crippen LogP contribution in [0.2, 0.25) is 0 Å². The third kappa shape index (κ3) is 3.85. The molecule has 21 heavy (non-hydrogen) atoms. The summed E-state index contributed by atoms with van der Waals surface area (Å²) in [5.41, 5.74) is 6.89. The van der Waals surface area contributed by atoms with Crippen molar-refractivity contribution in [2.24, 2.45) is 5.73 Å². The molecule has 0 aromatic heterocycles. The Kier molecular flexibility index (Phi) is 5.40. The van der Waals surface area contributed by atoms with Gasteiger partial charge in [0.1, 0.15) is 0 Å². The largest absolute Gasteiger partial charge is 0.352 e. The van der Waals surface area contributed by atoms with Crippen molar-refractivity contribution < 1.29 is 4.79 Å². The Morgan fingerprint density at radius 1 is 1.14 bits per heavy atom. The normalized spacial score (nSPS) is 22.8. The number of rotatable bonds is 5. The highest BCUT2D eigenvalue weighted by molar-refractivity contribution is 5.86. The Morgan fingerprint density at radius 3 is 2.24 bits per heavy atom. The Hall–Kier alpha value is -1.35. The van der Waals surface area contributed by atoms with Crippen LogP contribution in [-0.2, 0) is 4.79 Å². The lowest BCUT2D eigenvalue weighted by atomic mass is 9.81. The van der Waals surface area contributed by atoms with Crippen LogP contribution < -0.4 is 11.1 Å². The summed E-state index contributed by atoms with van der Waals surface area (Å²) in [6, 6.07) is 11.0. The first-order chi connectivity index (χ1) is 10.1. The number of hydrogen-bond donors (Lipinski definition) is 2. The minimum Gasteiger partial charge on any atom is -0.352 e. The number of benzene rings is 1. The van der Waals surface area contributed by atoms with Gasteiger partial charge in [0.2, 0.25) is 5.91 Å². The molecule has 1 aromatic rings. The summed E-state index contributed by atoms with van der Waals surface area (Å²) in [6.45, 7) is 3.96. The lowest BCUT2D eigenvalue weighted by Crippen LogP contribution is -2.55. The van der Waals surface area contributed by atoms with Gasteiger partial charge < -0.3 is 11.1 Å². The summed E-state index contributed by atoms with van der Waals surface area (Å²) < 4.78 is 0. The highest BCUT2D eigenvalue weighted by atomic mass is 16.2. The molecule has 0 unspecified atom stereocenters. The molecule has 1 aliphatic carbocycles. The maximum atomic E-state index is 12.3. The van der Waals surface area contributed by atoms with Crippen molar-refractivity contribution in [3.05, 3.63) is 35.9 Å². The van der Waals surface area contributed by atoms with Crippen LogP contribution in [0.5, 0.6) is 0 Å². The van der Waals surface area contributed by atoms with Gasteiger partial charge in [-0.15, -0.1) is 0 Å². The molecule has 0 heterocycles. The molecule has 0 bridgehead atoms. The minimum absolute atomic E-state index is 0.0238. The highest BCUT2D eigenvalue weighted by Gasteiger charge is 2.32. The van der Waals surface area contributed by atoms with Crippen molar-refractivity contribution in [3.63, 3.8) is 0 Å². The molecule has 1 fully saturated rings. The van der Waals surface area contributed by atoms with Gasteiger partial charge in [-0.05, 0) is 50.0 Å². The Morgan fingerprint density at radius 2 is 1.71 bits per heavy atom. The van der Waals surface area contributed by atoms with E-state index in [1.807, 2.05) is 13.8 Å². The van der Waals surface area contributed by atoms with Gasteiger partial charge in [-0.25, -0.2) is 0 Å². The van der Waals surface area contributed by atoms with Crippen LogP contribution >= 0.6 is 0 Å². The van der Waals surface area contributed by atoms with Crippen LogP contribution in [0.3, 0.4) is 0 Å². The first kappa shape index (κ1) is 16.0. The summed E-state index contributed by atoms with van der Waals surface area (Å²) in [7, 11) is 0. The molecule has 0 aliphatic heterocycles. The van der Waals surface area contributed by atoms with Gasteiger partial charge in [-0.2, -0.15) is 0 Å². The van der Waals surface area contributed by atoms with Crippen LogP contribution in [0, 0.1) is 0 Å². The maximum absolute atomic E-state index is 12.3. The lowest BCUT2D eigenvalue weighted by Gasteiger charge is -2.33. The zero-order valence-electron chi connectivity index (χ0n) is 13.3. The average molecular weight is 288 g/mol. The molecular formula is C18H28N2O. The van der Waals surface area contributed by atoms with Crippen LogP contribution in [0.25, 0.3) is 0 Å². The third-order valence-corrected chi connectivity index (χ3v) is 5.05. The quantitative estimate of drug-likeness (QED) is 0.873. The van der Waals surface area contributed by atoms with E-state index in [2.05, 4.69) is 35.6 Å². The van der Waals surface area contributed by atoms with E-state index in [1.165, 1.54) is 5.56 Å². The molecule has 3 heteroatoms. The van der Waals surface area contributed by atoms with Gasteiger partial charge in [0, 0.05) is 6.04 Å². The van der Waals surface area contributed by atoms with Crippen molar-refractivity contribution >= 4 is 5.91 Å². The summed E-state index contributed by atoms with van der Waals surface area (Å²) in [4.78, 5) is 12.3. The molecule has 1 saturated carbocycles. The molecule has 3 N–H and O–H groups in total. The number of carbonyl (C=O) groups is 1. The van der Waals surface area contributed by atoms with E-state index < -0.39 is 5.54 Å². The molecular weight excluding hydrogens is 260 g/mol. The smallest absolute Gasteiger partial charge is 0.240 e. The van der Waals surface area contributed by atoms with E-state index in [4.69, 9.17) is 5.73 Å². The van der Waals surface area contributed by atoms with Gasteiger partial charge >= 0.3 is 0 Å². The standard InChI is InChI=1S/C18H28N2O/c1-3-18(19,4-2)17(21)20-16-12-10-15(11-13-16)14-8-6-5-7-9-14/h5-9,15-16H,3-4,10-13,19H2,1-2H3,(H,20,21). The predicted octanol–water partition coefficient (Wildman–Crippen LogP) is 3.35. The van der Waals surface area contributed by atoms with Crippen molar-refractivity contribution in [2.75, 3.05) is 0 Å². The topological polar surface area (TPSA) is 55.1 Å². The molecule has 0 spiro atoms. The molecule has 1 aliphatic rings. The van der Waals surface area contributed by atoms with E-state index in [-0.39, 0.29) is 5.91 Å². The van der Waals surface area contributed by atoms with E-state index >= 15 is 0 Å². The lowest BCUT2D eigenvalue weighted by molar-refractivity contribution is -0.127. The number of carbonyl (C=O) groups excluding carboxylic acids is 1. The Bertz CT molecular complexity index is 446. The van der Waals surface area contributed by atoms with Gasteiger partial charge in [0.05, 0.1) is 5.54 Å². The molecule has 2 rings (SSSR count). The molecule has 116 valence electrons.